The molecule has 0 aliphatic heterocycles. The number of benzene rings is 2. The fourth-order valence-electron chi connectivity index (χ4n) is 2.97. The van der Waals surface area contributed by atoms with E-state index in [-0.39, 0.29) is 24.4 Å². The van der Waals surface area contributed by atoms with Gasteiger partial charge < -0.3 is 10.2 Å². The molecule has 0 bridgehead atoms. The van der Waals surface area contributed by atoms with E-state index >= 15 is 0 Å². The predicted octanol–water partition coefficient (Wildman–Crippen LogP) is 5.18. The van der Waals surface area contributed by atoms with Crippen molar-refractivity contribution in [3.63, 3.8) is 0 Å². The maximum atomic E-state index is 13.1. The molecule has 29 heavy (non-hydrogen) atoms. The van der Waals surface area contributed by atoms with Crippen LogP contribution in [0.5, 0.6) is 0 Å². The number of aryl methyl sites for hydroxylation is 2. The van der Waals surface area contributed by atoms with Crippen LogP contribution in [0, 0.1) is 6.92 Å². The summed E-state index contributed by atoms with van der Waals surface area (Å²) in [6.45, 7) is 7.80. The zero-order chi connectivity index (χ0) is 21.6. The van der Waals surface area contributed by atoms with Crippen molar-refractivity contribution in [1.82, 2.24) is 10.2 Å². The molecule has 0 aromatic heterocycles. The summed E-state index contributed by atoms with van der Waals surface area (Å²) in [4.78, 5) is 27.2. The van der Waals surface area contributed by atoms with Gasteiger partial charge in [-0.25, -0.2) is 0 Å². The lowest BCUT2D eigenvalue weighted by Crippen LogP contribution is -2.49. The van der Waals surface area contributed by atoms with Gasteiger partial charge in [0.15, 0.2) is 0 Å². The predicted molar refractivity (Wildman–Crippen MR) is 119 cm³/mol. The average Bonchev–Trinajstić information content (AvgIpc) is 2.65. The third-order valence-electron chi connectivity index (χ3n) is 4.70. The first-order valence-corrected chi connectivity index (χ1v) is 10.5. The van der Waals surface area contributed by atoms with Crippen LogP contribution in [-0.2, 0) is 22.6 Å². The summed E-state index contributed by atoms with van der Waals surface area (Å²) in [5.41, 5.74) is 3.02. The van der Waals surface area contributed by atoms with Crippen molar-refractivity contribution in [3.8, 4) is 0 Å². The highest BCUT2D eigenvalue weighted by atomic mass is 35.5. The molecule has 0 fully saturated rings. The van der Waals surface area contributed by atoms with E-state index in [2.05, 4.69) is 5.32 Å². The highest BCUT2D eigenvalue weighted by Gasteiger charge is 2.26. The molecule has 0 saturated heterocycles. The monoisotopic (exact) mass is 434 g/mol. The molecule has 2 aromatic carbocycles. The average molecular weight is 435 g/mol. The SMILES string of the molecule is Cc1ccc(CCC(=O)N(Cc2ccc(Cl)cc2Cl)C(C)C(=O)NC(C)C)cc1. The molecular formula is C23H28Cl2N2O2. The minimum Gasteiger partial charge on any atom is -0.352 e. The number of halogens is 2. The lowest BCUT2D eigenvalue weighted by Gasteiger charge is -2.30. The number of rotatable bonds is 8. The van der Waals surface area contributed by atoms with Gasteiger partial charge in [0.25, 0.3) is 0 Å². The van der Waals surface area contributed by atoms with Gasteiger partial charge in [-0.05, 0) is 57.4 Å². The number of nitrogens with one attached hydrogen (secondary N) is 1. The van der Waals surface area contributed by atoms with E-state index in [1.165, 1.54) is 5.56 Å². The molecule has 1 unspecified atom stereocenters. The number of nitrogens with zero attached hydrogens (tertiary/aromatic N) is 1. The molecule has 4 nitrogen and oxygen atoms in total. The van der Waals surface area contributed by atoms with Gasteiger partial charge in [-0.15, -0.1) is 0 Å². The van der Waals surface area contributed by atoms with Crippen LogP contribution in [0.15, 0.2) is 42.5 Å². The van der Waals surface area contributed by atoms with Crippen molar-refractivity contribution in [2.45, 2.75) is 59.2 Å². The number of hydrogen-bond acceptors (Lipinski definition) is 2. The normalized spacial score (nSPS) is 12.0. The minimum atomic E-state index is -0.616. The second-order valence-electron chi connectivity index (χ2n) is 7.58. The zero-order valence-corrected chi connectivity index (χ0v) is 18.8. The van der Waals surface area contributed by atoms with Crippen molar-refractivity contribution in [1.29, 1.82) is 0 Å². The van der Waals surface area contributed by atoms with Crippen LogP contribution in [0.3, 0.4) is 0 Å². The lowest BCUT2D eigenvalue weighted by atomic mass is 10.1. The highest BCUT2D eigenvalue weighted by molar-refractivity contribution is 6.35. The maximum absolute atomic E-state index is 13.1. The molecule has 1 N–H and O–H groups in total. The second-order valence-corrected chi connectivity index (χ2v) is 8.43. The Morgan fingerprint density at radius 1 is 1.03 bits per heavy atom. The quantitative estimate of drug-likeness (QED) is 0.622. The van der Waals surface area contributed by atoms with E-state index < -0.39 is 6.04 Å². The summed E-state index contributed by atoms with van der Waals surface area (Å²) in [5, 5.41) is 3.89. The standard InChI is InChI=1S/C23H28Cl2N2O2/c1-15(2)26-23(29)17(4)27(14-19-10-11-20(24)13-21(19)25)22(28)12-9-18-7-5-16(3)6-8-18/h5-8,10-11,13,15,17H,9,12,14H2,1-4H3,(H,26,29). The van der Waals surface area contributed by atoms with Crippen LogP contribution in [0.1, 0.15) is 43.9 Å². The Morgan fingerprint density at radius 2 is 1.69 bits per heavy atom. The van der Waals surface area contributed by atoms with Crippen molar-refractivity contribution in [2.24, 2.45) is 0 Å². The zero-order valence-electron chi connectivity index (χ0n) is 17.3. The molecule has 0 aliphatic carbocycles. The molecule has 6 heteroatoms. The summed E-state index contributed by atoms with van der Waals surface area (Å²) < 4.78 is 0. The largest absolute Gasteiger partial charge is 0.352 e. The van der Waals surface area contributed by atoms with Gasteiger partial charge in [-0.3, -0.25) is 9.59 Å². The van der Waals surface area contributed by atoms with Crippen molar-refractivity contribution < 1.29 is 9.59 Å². The third-order valence-corrected chi connectivity index (χ3v) is 5.29. The smallest absolute Gasteiger partial charge is 0.242 e. The van der Waals surface area contributed by atoms with Gasteiger partial charge in [0.1, 0.15) is 6.04 Å². The molecule has 2 amide bonds. The van der Waals surface area contributed by atoms with Crippen LogP contribution in [0.4, 0.5) is 0 Å². The number of carbonyl (C=O) groups excluding carboxylic acids is 2. The van der Waals surface area contributed by atoms with E-state index in [0.29, 0.717) is 22.9 Å². The Balaban J connectivity index is 2.18. The fourth-order valence-corrected chi connectivity index (χ4v) is 3.44. The van der Waals surface area contributed by atoms with Crippen LogP contribution in [0.25, 0.3) is 0 Å². The molecule has 2 rings (SSSR count). The number of carbonyl (C=O) groups is 2. The Kier molecular flexibility index (Phi) is 8.54. The van der Waals surface area contributed by atoms with E-state index in [9.17, 15) is 9.59 Å². The van der Waals surface area contributed by atoms with Gasteiger partial charge in [-0.1, -0.05) is 59.1 Å². The second kappa shape index (κ2) is 10.7. The highest BCUT2D eigenvalue weighted by Crippen LogP contribution is 2.23. The first-order chi connectivity index (χ1) is 13.7. The summed E-state index contributed by atoms with van der Waals surface area (Å²) >= 11 is 12.3. The molecule has 0 heterocycles. The summed E-state index contributed by atoms with van der Waals surface area (Å²) in [6.07, 6.45) is 0.927. The number of hydrogen-bond donors (Lipinski definition) is 1. The summed E-state index contributed by atoms with van der Waals surface area (Å²) in [7, 11) is 0. The van der Waals surface area contributed by atoms with E-state index in [4.69, 9.17) is 23.2 Å². The van der Waals surface area contributed by atoms with Gasteiger partial charge >= 0.3 is 0 Å². The molecule has 0 radical (unpaired) electrons. The maximum Gasteiger partial charge on any atom is 0.242 e. The molecular weight excluding hydrogens is 407 g/mol. The van der Waals surface area contributed by atoms with E-state index in [0.717, 1.165) is 11.1 Å². The molecule has 1 atom stereocenters. The first-order valence-electron chi connectivity index (χ1n) is 9.76. The number of amides is 2. The van der Waals surface area contributed by atoms with E-state index in [1.54, 1.807) is 30.0 Å². The van der Waals surface area contributed by atoms with Crippen molar-refractivity contribution in [3.05, 3.63) is 69.2 Å². The van der Waals surface area contributed by atoms with Gasteiger partial charge in [0, 0.05) is 29.1 Å². The third kappa shape index (κ3) is 7.06. The van der Waals surface area contributed by atoms with Crippen LogP contribution in [0.2, 0.25) is 10.0 Å². The fraction of sp³-hybridized carbons (Fsp3) is 0.391. The molecule has 2 aromatic rings. The Bertz CT molecular complexity index is 850. The molecule has 0 aliphatic rings. The molecule has 0 saturated carbocycles. The van der Waals surface area contributed by atoms with Crippen molar-refractivity contribution >= 4 is 35.0 Å². The van der Waals surface area contributed by atoms with Crippen molar-refractivity contribution in [2.75, 3.05) is 0 Å². The Hall–Kier alpha value is -2.04. The van der Waals surface area contributed by atoms with Gasteiger partial charge in [0.2, 0.25) is 11.8 Å². The Morgan fingerprint density at radius 3 is 2.28 bits per heavy atom. The van der Waals surface area contributed by atoms with Crippen LogP contribution in [-0.4, -0.2) is 28.8 Å². The topological polar surface area (TPSA) is 49.4 Å². The molecule has 0 spiro atoms. The first kappa shape index (κ1) is 23.2. The molecule has 156 valence electrons. The Labute approximate surface area is 183 Å². The van der Waals surface area contributed by atoms with E-state index in [1.807, 2.05) is 45.0 Å². The van der Waals surface area contributed by atoms with Crippen LogP contribution < -0.4 is 5.32 Å². The minimum absolute atomic E-state index is 0.00594. The summed E-state index contributed by atoms with van der Waals surface area (Å²) in [6, 6.07) is 12.7. The van der Waals surface area contributed by atoms with Gasteiger partial charge in [-0.2, -0.15) is 0 Å². The summed E-state index contributed by atoms with van der Waals surface area (Å²) in [5.74, 6) is -0.281. The van der Waals surface area contributed by atoms with Gasteiger partial charge in [0.05, 0.1) is 0 Å². The lowest BCUT2D eigenvalue weighted by molar-refractivity contribution is -0.140. The van der Waals surface area contributed by atoms with Crippen LogP contribution >= 0.6 is 23.2 Å².